The van der Waals surface area contributed by atoms with Gasteiger partial charge >= 0.3 is 5.97 Å². The number of carbonyl (C=O) groups excluding carboxylic acids is 2. The smallest absolute Gasteiger partial charge is 0.302 e. The van der Waals surface area contributed by atoms with Crippen LogP contribution in [0.5, 0.6) is 0 Å². The molecule has 0 aromatic heterocycles. The minimum atomic E-state index is -0.135. The normalized spacial score (nSPS) is 43.7. The van der Waals surface area contributed by atoms with Crippen molar-refractivity contribution in [2.75, 3.05) is 0 Å². The molecule has 0 spiro atoms. The molecule has 0 aromatic rings. The Labute approximate surface area is 196 Å². The first kappa shape index (κ1) is 24.0. The molecule has 1 unspecified atom stereocenters. The molecule has 0 heterocycles. The maximum atomic E-state index is 11.8. The molecule has 0 aliphatic heterocycles. The van der Waals surface area contributed by atoms with E-state index in [0.29, 0.717) is 29.1 Å². The lowest BCUT2D eigenvalue weighted by Crippen LogP contribution is -2.55. The van der Waals surface area contributed by atoms with Gasteiger partial charge in [-0.05, 0) is 91.8 Å². The predicted molar refractivity (Wildman–Crippen MR) is 129 cm³/mol. The van der Waals surface area contributed by atoms with E-state index in [1.54, 1.807) is 18.1 Å². The summed E-state index contributed by atoms with van der Waals surface area (Å²) in [5.41, 5.74) is 4.48. The van der Waals surface area contributed by atoms with E-state index in [1.807, 2.05) is 0 Å². The minimum Gasteiger partial charge on any atom is -0.462 e. The second kappa shape index (κ2) is 7.98. The Morgan fingerprint density at radius 2 is 1.75 bits per heavy atom. The van der Waals surface area contributed by atoms with Gasteiger partial charge in [0.25, 0.3) is 0 Å². The molecule has 2 saturated carbocycles. The van der Waals surface area contributed by atoms with E-state index in [1.165, 1.54) is 38.5 Å². The molecule has 3 nitrogen and oxygen atoms in total. The fourth-order valence-corrected chi connectivity index (χ4v) is 9.56. The SMILES string of the molecule is CC(=O)O[C@H]1CC[C@]2(C)C3=C(CCC2C1(C)C)[C@]1(C)CC[C@H]([C@H](C)CCC=O)[C@@]1(C)CC3. The molecule has 0 saturated heterocycles. The maximum Gasteiger partial charge on any atom is 0.302 e. The Morgan fingerprint density at radius 1 is 1.03 bits per heavy atom. The number of aldehydes is 1. The number of allylic oxidation sites excluding steroid dienone is 2. The van der Waals surface area contributed by atoms with Crippen molar-refractivity contribution in [1.29, 1.82) is 0 Å². The Balaban J connectivity index is 1.68. The molecule has 0 radical (unpaired) electrons. The van der Waals surface area contributed by atoms with Crippen LogP contribution in [0.3, 0.4) is 0 Å². The topological polar surface area (TPSA) is 43.4 Å². The zero-order chi connectivity index (χ0) is 23.5. The number of carbonyl (C=O) groups is 2. The van der Waals surface area contributed by atoms with Gasteiger partial charge < -0.3 is 9.53 Å². The minimum absolute atomic E-state index is 0.0143. The zero-order valence-electron chi connectivity index (χ0n) is 21.7. The molecule has 4 aliphatic carbocycles. The molecule has 0 N–H and O–H groups in total. The van der Waals surface area contributed by atoms with Crippen LogP contribution in [0.25, 0.3) is 0 Å². The lowest BCUT2D eigenvalue weighted by molar-refractivity contribution is -0.167. The van der Waals surface area contributed by atoms with Crippen molar-refractivity contribution in [2.45, 2.75) is 119 Å². The first-order valence-electron chi connectivity index (χ1n) is 13.3. The van der Waals surface area contributed by atoms with E-state index in [4.69, 9.17) is 4.74 Å². The maximum absolute atomic E-state index is 11.8. The number of ether oxygens (including phenoxy) is 1. The second-order valence-corrected chi connectivity index (χ2v) is 13.0. The highest BCUT2D eigenvalue weighted by atomic mass is 16.5. The third-order valence-corrected chi connectivity index (χ3v) is 11.5. The highest BCUT2D eigenvalue weighted by Gasteiger charge is 2.63. The van der Waals surface area contributed by atoms with Crippen LogP contribution in [0.2, 0.25) is 0 Å². The number of hydrogen-bond donors (Lipinski definition) is 0. The summed E-state index contributed by atoms with van der Waals surface area (Å²) in [6.07, 6.45) is 12.6. The van der Waals surface area contributed by atoms with Crippen LogP contribution in [-0.4, -0.2) is 18.4 Å². The lowest BCUT2D eigenvalue weighted by atomic mass is 9.43. The largest absolute Gasteiger partial charge is 0.462 e. The molecule has 0 aromatic carbocycles. The van der Waals surface area contributed by atoms with Gasteiger partial charge in [0, 0.05) is 18.8 Å². The van der Waals surface area contributed by atoms with Crippen molar-refractivity contribution in [2.24, 2.45) is 39.4 Å². The van der Waals surface area contributed by atoms with Crippen LogP contribution in [0.15, 0.2) is 11.1 Å². The third kappa shape index (κ3) is 3.27. The summed E-state index contributed by atoms with van der Waals surface area (Å²) in [6, 6.07) is 0. The summed E-state index contributed by atoms with van der Waals surface area (Å²) in [5.74, 6) is 1.79. The summed E-state index contributed by atoms with van der Waals surface area (Å²) in [5, 5.41) is 0. The molecule has 2 fully saturated rings. The molecular weight excluding hydrogens is 396 g/mol. The van der Waals surface area contributed by atoms with Crippen molar-refractivity contribution in [3.05, 3.63) is 11.1 Å². The monoisotopic (exact) mass is 442 g/mol. The van der Waals surface area contributed by atoms with E-state index >= 15 is 0 Å². The average Bonchev–Trinajstić information content (AvgIpc) is 3.00. The first-order chi connectivity index (χ1) is 14.9. The first-order valence-corrected chi connectivity index (χ1v) is 13.3. The van der Waals surface area contributed by atoms with Gasteiger partial charge in [-0.15, -0.1) is 0 Å². The molecule has 32 heavy (non-hydrogen) atoms. The second-order valence-electron chi connectivity index (χ2n) is 13.0. The van der Waals surface area contributed by atoms with Gasteiger partial charge in [0.1, 0.15) is 12.4 Å². The number of hydrogen-bond acceptors (Lipinski definition) is 3. The number of esters is 1. The van der Waals surface area contributed by atoms with E-state index < -0.39 is 0 Å². The molecule has 0 bridgehead atoms. The van der Waals surface area contributed by atoms with Gasteiger partial charge in [-0.3, -0.25) is 4.79 Å². The standard InChI is InChI=1S/C29H46O3/c1-19(9-8-18-30)21-12-16-29(7)23-10-11-24-26(3,4)25(32-20(2)31)14-15-27(24,5)22(23)13-17-28(21,29)6/h18-19,21,24-25H,8-17H2,1-7H3/t19-,21-,24?,25+,27-,28-,29+/m1/s1. The van der Waals surface area contributed by atoms with E-state index in [-0.39, 0.29) is 22.9 Å². The zero-order valence-corrected chi connectivity index (χ0v) is 21.7. The van der Waals surface area contributed by atoms with Crippen LogP contribution in [0, 0.1) is 39.4 Å². The Morgan fingerprint density at radius 3 is 2.41 bits per heavy atom. The van der Waals surface area contributed by atoms with Crippen LogP contribution in [0.4, 0.5) is 0 Å². The van der Waals surface area contributed by atoms with Crippen LogP contribution in [-0.2, 0) is 14.3 Å². The summed E-state index contributed by atoms with van der Waals surface area (Å²) in [6.45, 7) is 16.4. The third-order valence-electron chi connectivity index (χ3n) is 11.5. The quantitative estimate of drug-likeness (QED) is 0.255. The van der Waals surface area contributed by atoms with Gasteiger partial charge in [-0.2, -0.15) is 0 Å². The number of fused-ring (bicyclic) bond motifs is 4. The molecule has 7 atom stereocenters. The van der Waals surface area contributed by atoms with Crippen molar-refractivity contribution < 1.29 is 14.3 Å². The molecular formula is C29H46O3. The summed E-state index contributed by atoms with van der Waals surface area (Å²) in [7, 11) is 0. The Bertz CT molecular complexity index is 809. The van der Waals surface area contributed by atoms with Crippen molar-refractivity contribution in [1.82, 2.24) is 0 Å². The molecule has 3 heteroatoms. The van der Waals surface area contributed by atoms with Crippen molar-refractivity contribution in [3.63, 3.8) is 0 Å². The number of rotatable bonds is 5. The highest BCUT2D eigenvalue weighted by molar-refractivity contribution is 5.66. The molecule has 0 amide bonds. The molecule has 4 rings (SSSR count). The van der Waals surface area contributed by atoms with Crippen molar-refractivity contribution >= 4 is 12.3 Å². The summed E-state index contributed by atoms with van der Waals surface area (Å²) >= 11 is 0. The molecule has 4 aliphatic rings. The fraction of sp³-hybridized carbons (Fsp3) is 0.862. The lowest BCUT2D eigenvalue weighted by Gasteiger charge is -2.62. The van der Waals surface area contributed by atoms with Crippen molar-refractivity contribution in [3.8, 4) is 0 Å². The van der Waals surface area contributed by atoms with E-state index in [2.05, 4.69) is 41.5 Å². The summed E-state index contributed by atoms with van der Waals surface area (Å²) in [4.78, 5) is 22.8. The predicted octanol–water partition coefficient (Wildman–Crippen LogP) is 7.28. The van der Waals surface area contributed by atoms with Crippen LogP contribution >= 0.6 is 0 Å². The van der Waals surface area contributed by atoms with Gasteiger partial charge in [-0.25, -0.2) is 0 Å². The summed E-state index contributed by atoms with van der Waals surface area (Å²) < 4.78 is 5.83. The van der Waals surface area contributed by atoms with E-state index in [0.717, 1.165) is 31.5 Å². The van der Waals surface area contributed by atoms with Crippen LogP contribution in [0.1, 0.15) is 113 Å². The average molecular weight is 443 g/mol. The highest BCUT2D eigenvalue weighted by Crippen LogP contribution is 2.72. The Kier molecular flexibility index (Phi) is 5.99. The van der Waals surface area contributed by atoms with Crippen LogP contribution < -0.4 is 0 Å². The van der Waals surface area contributed by atoms with E-state index in [9.17, 15) is 9.59 Å². The van der Waals surface area contributed by atoms with Gasteiger partial charge in [0.15, 0.2) is 0 Å². The Hall–Kier alpha value is -1.12. The fourth-order valence-electron chi connectivity index (χ4n) is 9.56. The van der Waals surface area contributed by atoms with Gasteiger partial charge in [0.2, 0.25) is 0 Å². The van der Waals surface area contributed by atoms with Gasteiger partial charge in [-0.1, -0.05) is 52.7 Å². The van der Waals surface area contributed by atoms with Gasteiger partial charge in [0.05, 0.1) is 0 Å². The molecule has 180 valence electrons.